The largest absolute Gasteiger partial charge is 0.396 e. The first-order valence-electron chi connectivity index (χ1n) is 6.55. The number of carbonyl (C=O) groups is 1. The molecule has 2 rings (SSSR count). The Balaban J connectivity index is 1.94. The molecule has 2 N–H and O–H groups in total. The van der Waals surface area contributed by atoms with E-state index in [-0.39, 0.29) is 12.6 Å². The molecule has 1 aliphatic rings. The summed E-state index contributed by atoms with van der Waals surface area (Å²) in [5.74, 6) is 0. The zero-order valence-corrected chi connectivity index (χ0v) is 10.5. The minimum atomic E-state index is -0.0562. The number of aliphatic hydroxyl groups excluding tert-OH is 1. The molecule has 0 spiro atoms. The highest BCUT2D eigenvalue weighted by atomic mass is 16.3. The van der Waals surface area contributed by atoms with Gasteiger partial charge < -0.3 is 15.3 Å². The van der Waals surface area contributed by atoms with Gasteiger partial charge in [0.05, 0.1) is 0 Å². The lowest BCUT2D eigenvalue weighted by molar-refractivity contribution is 0.140. The minimum Gasteiger partial charge on any atom is -0.396 e. The lowest BCUT2D eigenvalue weighted by Crippen LogP contribution is -2.46. The van der Waals surface area contributed by atoms with Gasteiger partial charge in [-0.05, 0) is 37.8 Å². The normalized spacial score (nSPS) is 14.9. The number of nitrogens with one attached hydrogen (secondary N) is 1. The molecule has 1 aromatic carbocycles. The van der Waals surface area contributed by atoms with Crippen LogP contribution in [0.15, 0.2) is 30.3 Å². The lowest BCUT2D eigenvalue weighted by Gasteiger charge is -2.37. The van der Waals surface area contributed by atoms with E-state index in [0.29, 0.717) is 19.0 Å². The zero-order valence-electron chi connectivity index (χ0n) is 10.5. The number of rotatable bonds is 5. The van der Waals surface area contributed by atoms with Gasteiger partial charge >= 0.3 is 6.03 Å². The third-order valence-electron chi connectivity index (χ3n) is 3.36. The molecule has 0 aromatic heterocycles. The maximum atomic E-state index is 12.2. The van der Waals surface area contributed by atoms with Gasteiger partial charge in [0.15, 0.2) is 0 Å². The Morgan fingerprint density at radius 1 is 1.33 bits per heavy atom. The smallest absolute Gasteiger partial charge is 0.322 e. The minimum absolute atomic E-state index is 0.0562. The first-order chi connectivity index (χ1) is 8.81. The molecule has 2 amide bonds. The molecule has 0 heterocycles. The summed E-state index contributed by atoms with van der Waals surface area (Å²) in [5, 5.41) is 11.8. The van der Waals surface area contributed by atoms with Gasteiger partial charge in [-0.15, -0.1) is 0 Å². The monoisotopic (exact) mass is 248 g/mol. The van der Waals surface area contributed by atoms with Gasteiger partial charge in [0.2, 0.25) is 0 Å². The summed E-state index contributed by atoms with van der Waals surface area (Å²) in [4.78, 5) is 14.0. The van der Waals surface area contributed by atoms with E-state index in [4.69, 9.17) is 5.11 Å². The van der Waals surface area contributed by atoms with Crippen LogP contribution < -0.4 is 5.32 Å². The van der Waals surface area contributed by atoms with E-state index >= 15 is 0 Å². The van der Waals surface area contributed by atoms with Crippen molar-refractivity contribution < 1.29 is 9.90 Å². The number of urea groups is 1. The van der Waals surface area contributed by atoms with Gasteiger partial charge in [-0.25, -0.2) is 4.79 Å². The summed E-state index contributed by atoms with van der Waals surface area (Å²) in [6.45, 7) is 0.752. The van der Waals surface area contributed by atoms with Crippen LogP contribution in [-0.4, -0.2) is 35.2 Å². The summed E-state index contributed by atoms with van der Waals surface area (Å²) < 4.78 is 0. The number of nitrogens with zero attached hydrogens (tertiary/aromatic N) is 1. The molecule has 1 aromatic rings. The molecule has 1 saturated carbocycles. The Morgan fingerprint density at radius 3 is 2.61 bits per heavy atom. The Bertz CT molecular complexity index is 377. The van der Waals surface area contributed by atoms with Crippen LogP contribution in [0.2, 0.25) is 0 Å². The molecule has 0 saturated heterocycles. The van der Waals surface area contributed by atoms with Gasteiger partial charge in [0, 0.05) is 24.9 Å². The summed E-state index contributed by atoms with van der Waals surface area (Å²) in [6, 6.07) is 9.77. The Kier molecular flexibility index (Phi) is 4.59. The maximum Gasteiger partial charge on any atom is 0.322 e. The van der Waals surface area contributed by atoms with Crippen molar-refractivity contribution in [3.63, 3.8) is 0 Å². The predicted molar refractivity (Wildman–Crippen MR) is 71.5 cm³/mol. The fourth-order valence-electron chi connectivity index (χ4n) is 2.11. The molecule has 1 fully saturated rings. The van der Waals surface area contributed by atoms with Crippen LogP contribution in [0.4, 0.5) is 10.5 Å². The van der Waals surface area contributed by atoms with E-state index in [1.807, 2.05) is 35.2 Å². The second-order valence-electron chi connectivity index (χ2n) is 4.65. The van der Waals surface area contributed by atoms with Gasteiger partial charge in [-0.3, -0.25) is 0 Å². The molecular formula is C14H20N2O2. The Hall–Kier alpha value is -1.55. The first-order valence-corrected chi connectivity index (χ1v) is 6.55. The van der Waals surface area contributed by atoms with Gasteiger partial charge in [0.25, 0.3) is 0 Å². The number of benzene rings is 1. The summed E-state index contributed by atoms with van der Waals surface area (Å²) in [6.07, 6.45) is 3.99. The van der Waals surface area contributed by atoms with E-state index in [9.17, 15) is 4.79 Å². The topological polar surface area (TPSA) is 52.6 Å². The van der Waals surface area contributed by atoms with Gasteiger partial charge in [-0.2, -0.15) is 0 Å². The number of anilines is 1. The van der Waals surface area contributed by atoms with Crippen LogP contribution >= 0.6 is 0 Å². The average Bonchev–Trinajstić information content (AvgIpc) is 2.33. The second-order valence-corrected chi connectivity index (χ2v) is 4.65. The van der Waals surface area contributed by atoms with Crippen molar-refractivity contribution >= 4 is 11.7 Å². The van der Waals surface area contributed by atoms with Crippen LogP contribution in [0.3, 0.4) is 0 Å². The highest BCUT2D eigenvalue weighted by Gasteiger charge is 2.28. The van der Waals surface area contributed by atoms with Crippen LogP contribution in [0.5, 0.6) is 0 Å². The molecular weight excluding hydrogens is 228 g/mol. The van der Waals surface area contributed by atoms with Crippen molar-refractivity contribution in [3.05, 3.63) is 30.3 Å². The predicted octanol–water partition coefficient (Wildman–Crippen LogP) is 2.46. The number of hydrogen-bond donors (Lipinski definition) is 2. The lowest BCUT2D eigenvalue weighted by atomic mass is 9.91. The van der Waals surface area contributed by atoms with Crippen molar-refractivity contribution in [2.24, 2.45) is 0 Å². The van der Waals surface area contributed by atoms with Crippen LogP contribution in [0.25, 0.3) is 0 Å². The van der Waals surface area contributed by atoms with Crippen molar-refractivity contribution in [1.82, 2.24) is 4.90 Å². The average molecular weight is 248 g/mol. The van der Waals surface area contributed by atoms with Gasteiger partial charge in [-0.1, -0.05) is 18.2 Å². The summed E-state index contributed by atoms with van der Waals surface area (Å²) in [5.41, 5.74) is 0.816. The van der Waals surface area contributed by atoms with Gasteiger partial charge in [0.1, 0.15) is 0 Å². The van der Waals surface area contributed by atoms with E-state index in [0.717, 1.165) is 18.5 Å². The number of hydrogen-bond acceptors (Lipinski definition) is 2. The third-order valence-corrected chi connectivity index (χ3v) is 3.36. The summed E-state index contributed by atoms with van der Waals surface area (Å²) in [7, 11) is 0. The second kappa shape index (κ2) is 6.40. The van der Waals surface area contributed by atoms with Crippen LogP contribution in [0.1, 0.15) is 25.7 Å². The molecule has 0 aliphatic heterocycles. The molecule has 0 bridgehead atoms. The molecule has 1 aliphatic carbocycles. The molecule has 4 heteroatoms. The van der Waals surface area contributed by atoms with E-state index < -0.39 is 0 Å². The quantitative estimate of drug-likeness (QED) is 0.841. The molecule has 0 radical (unpaired) electrons. The molecule has 18 heavy (non-hydrogen) atoms. The van der Waals surface area contributed by atoms with E-state index in [2.05, 4.69) is 5.32 Å². The number of amides is 2. The number of para-hydroxylation sites is 1. The SMILES string of the molecule is O=C(Nc1ccccc1)N(CCCO)C1CCC1. The molecule has 0 unspecified atom stereocenters. The standard InChI is InChI=1S/C14H20N2O2/c17-11-5-10-16(13-8-4-9-13)14(18)15-12-6-2-1-3-7-12/h1-3,6-7,13,17H,4-5,8-11H2,(H,15,18). The fraction of sp³-hybridized carbons (Fsp3) is 0.500. The maximum absolute atomic E-state index is 12.2. The highest BCUT2D eigenvalue weighted by Crippen LogP contribution is 2.25. The Labute approximate surface area is 108 Å². The zero-order chi connectivity index (χ0) is 12.8. The summed E-state index contributed by atoms with van der Waals surface area (Å²) >= 11 is 0. The first kappa shape index (κ1) is 12.9. The van der Waals surface area contributed by atoms with E-state index in [1.165, 1.54) is 6.42 Å². The molecule has 98 valence electrons. The van der Waals surface area contributed by atoms with Crippen molar-refractivity contribution in [2.75, 3.05) is 18.5 Å². The van der Waals surface area contributed by atoms with Crippen molar-refractivity contribution in [3.8, 4) is 0 Å². The van der Waals surface area contributed by atoms with Crippen LogP contribution in [-0.2, 0) is 0 Å². The Morgan fingerprint density at radius 2 is 2.06 bits per heavy atom. The third kappa shape index (κ3) is 3.23. The van der Waals surface area contributed by atoms with Crippen LogP contribution in [0, 0.1) is 0 Å². The highest BCUT2D eigenvalue weighted by molar-refractivity contribution is 5.89. The molecule has 0 atom stereocenters. The number of aliphatic hydroxyl groups is 1. The van der Waals surface area contributed by atoms with E-state index in [1.54, 1.807) is 0 Å². The van der Waals surface area contributed by atoms with Crippen molar-refractivity contribution in [2.45, 2.75) is 31.7 Å². The molecule has 4 nitrogen and oxygen atoms in total. The van der Waals surface area contributed by atoms with Crippen molar-refractivity contribution in [1.29, 1.82) is 0 Å². The number of carbonyl (C=O) groups excluding carboxylic acids is 1. The fourth-order valence-corrected chi connectivity index (χ4v) is 2.11.